The molecule has 2 rings (SSSR count). The summed E-state index contributed by atoms with van der Waals surface area (Å²) in [5, 5.41) is 7.98. The number of piperidine rings is 1. The summed E-state index contributed by atoms with van der Waals surface area (Å²) >= 11 is 0. The first-order valence-electron chi connectivity index (χ1n) is 8.77. The number of amidine groups is 1. The van der Waals surface area contributed by atoms with Crippen molar-refractivity contribution >= 4 is 17.6 Å². The van der Waals surface area contributed by atoms with E-state index < -0.39 is 5.60 Å². The summed E-state index contributed by atoms with van der Waals surface area (Å²) in [6.07, 6.45) is 5.09. The van der Waals surface area contributed by atoms with Gasteiger partial charge in [0, 0.05) is 6.04 Å². The Bertz CT molecular complexity index is 574. The van der Waals surface area contributed by atoms with Gasteiger partial charge in [0.1, 0.15) is 11.4 Å². The zero-order chi connectivity index (χ0) is 18.1. The van der Waals surface area contributed by atoms with Crippen LogP contribution in [0.4, 0.5) is 4.79 Å². The number of amides is 1. The fourth-order valence-corrected chi connectivity index (χ4v) is 3.64. The van der Waals surface area contributed by atoms with Crippen molar-refractivity contribution in [3.05, 3.63) is 11.8 Å². The Kier molecular flexibility index (Phi) is 5.35. The molecule has 1 aliphatic carbocycles. The summed E-state index contributed by atoms with van der Waals surface area (Å²) in [5.74, 6) is 0.750. The Labute approximate surface area is 144 Å². The second kappa shape index (κ2) is 6.95. The number of nitrogens with one attached hydrogen (secondary N) is 1. The van der Waals surface area contributed by atoms with Crippen LogP contribution in [0.2, 0.25) is 0 Å². The van der Waals surface area contributed by atoms with Gasteiger partial charge >= 0.3 is 6.09 Å². The van der Waals surface area contributed by atoms with Gasteiger partial charge in [-0.2, -0.15) is 0 Å². The SMILES string of the molecule is C/C=C(/N=C(N)C1C2CCC(C2)N1C(=O)OC(C)(C)C)C(=N)CC. The maximum absolute atomic E-state index is 12.6. The van der Waals surface area contributed by atoms with Gasteiger partial charge in [0.05, 0.1) is 17.5 Å². The van der Waals surface area contributed by atoms with E-state index in [1.54, 1.807) is 11.0 Å². The third kappa shape index (κ3) is 3.79. The molecule has 3 unspecified atom stereocenters. The predicted molar refractivity (Wildman–Crippen MR) is 96.4 cm³/mol. The molecule has 1 saturated carbocycles. The molecule has 3 N–H and O–H groups in total. The Morgan fingerprint density at radius 2 is 2.08 bits per heavy atom. The minimum atomic E-state index is -0.534. The lowest BCUT2D eigenvalue weighted by Gasteiger charge is -2.36. The fraction of sp³-hybridized carbons (Fsp3) is 0.722. The standard InChI is InChI=1S/C18H30N4O2/c1-6-13(19)14(7-2)21-16(20)15-11-8-9-12(10-11)22(15)17(23)24-18(3,4)5/h7,11-12,15,19H,6,8-10H2,1-5H3,(H2,20,21)/b14-7+,19-13?. The molecular formula is C18H30N4O2. The number of likely N-dealkylation sites (tertiary alicyclic amines) is 1. The quantitative estimate of drug-likeness (QED) is 0.609. The summed E-state index contributed by atoms with van der Waals surface area (Å²) < 4.78 is 5.57. The Balaban J connectivity index is 2.26. The van der Waals surface area contributed by atoms with Crippen LogP contribution in [0.25, 0.3) is 0 Å². The number of aliphatic imine (C=N–C) groups is 1. The lowest BCUT2D eigenvalue weighted by Crippen LogP contribution is -2.52. The first kappa shape index (κ1) is 18.5. The molecule has 2 fully saturated rings. The highest BCUT2D eigenvalue weighted by Gasteiger charge is 2.51. The van der Waals surface area contributed by atoms with Gasteiger partial charge < -0.3 is 15.9 Å². The molecule has 0 aromatic carbocycles. The van der Waals surface area contributed by atoms with Gasteiger partial charge in [-0.3, -0.25) is 4.90 Å². The molecule has 0 aromatic heterocycles. The monoisotopic (exact) mass is 334 g/mol. The maximum Gasteiger partial charge on any atom is 0.411 e. The van der Waals surface area contributed by atoms with Crippen molar-refractivity contribution in [3.8, 4) is 0 Å². The second-order valence-electron chi connectivity index (χ2n) is 7.60. The first-order chi connectivity index (χ1) is 11.2. The zero-order valence-corrected chi connectivity index (χ0v) is 15.4. The molecule has 0 spiro atoms. The Morgan fingerprint density at radius 3 is 2.62 bits per heavy atom. The van der Waals surface area contributed by atoms with Gasteiger partial charge in [-0.1, -0.05) is 13.0 Å². The van der Waals surface area contributed by atoms with Gasteiger partial charge in [-0.15, -0.1) is 0 Å². The molecule has 6 nitrogen and oxygen atoms in total. The highest BCUT2D eigenvalue weighted by molar-refractivity contribution is 6.01. The number of nitrogens with zero attached hydrogens (tertiary/aromatic N) is 2. The van der Waals surface area contributed by atoms with Crippen molar-refractivity contribution in [2.75, 3.05) is 0 Å². The van der Waals surface area contributed by atoms with Gasteiger partial charge in [0.15, 0.2) is 0 Å². The van der Waals surface area contributed by atoms with Crippen molar-refractivity contribution in [1.82, 2.24) is 4.90 Å². The van der Waals surface area contributed by atoms with E-state index in [9.17, 15) is 4.79 Å². The second-order valence-corrected chi connectivity index (χ2v) is 7.60. The minimum absolute atomic E-state index is 0.184. The molecule has 3 atom stereocenters. The van der Waals surface area contributed by atoms with E-state index in [1.807, 2.05) is 34.6 Å². The topological polar surface area (TPSA) is 91.8 Å². The van der Waals surface area contributed by atoms with E-state index >= 15 is 0 Å². The van der Waals surface area contributed by atoms with Gasteiger partial charge in [0.25, 0.3) is 0 Å². The third-order valence-electron chi connectivity index (χ3n) is 4.68. The number of carbonyl (C=O) groups excluding carboxylic acids is 1. The van der Waals surface area contributed by atoms with Gasteiger partial charge in [0.2, 0.25) is 0 Å². The molecule has 1 aliphatic heterocycles. The molecular weight excluding hydrogens is 304 g/mol. The minimum Gasteiger partial charge on any atom is -0.444 e. The van der Waals surface area contributed by atoms with E-state index in [0.29, 0.717) is 29.6 Å². The summed E-state index contributed by atoms with van der Waals surface area (Å²) in [5.41, 5.74) is 6.79. The molecule has 24 heavy (non-hydrogen) atoms. The van der Waals surface area contributed by atoms with Crippen LogP contribution < -0.4 is 5.73 Å². The average Bonchev–Trinajstić information content (AvgIpc) is 3.10. The van der Waals surface area contributed by atoms with Crippen LogP contribution >= 0.6 is 0 Å². The normalized spacial score (nSPS) is 27.5. The van der Waals surface area contributed by atoms with Crippen LogP contribution in [-0.4, -0.2) is 40.2 Å². The smallest absolute Gasteiger partial charge is 0.411 e. The summed E-state index contributed by atoms with van der Waals surface area (Å²) in [4.78, 5) is 18.9. The van der Waals surface area contributed by atoms with Crippen LogP contribution in [0.3, 0.4) is 0 Å². The van der Waals surface area contributed by atoms with E-state index in [1.165, 1.54) is 0 Å². The molecule has 134 valence electrons. The van der Waals surface area contributed by atoms with Crippen molar-refractivity contribution < 1.29 is 9.53 Å². The summed E-state index contributed by atoms with van der Waals surface area (Å²) in [6, 6.07) is -0.0403. The van der Waals surface area contributed by atoms with Crippen LogP contribution in [0.1, 0.15) is 60.3 Å². The maximum atomic E-state index is 12.6. The molecule has 0 aromatic rings. The number of fused-ring (bicyclic) bond motifs is 2. The molecule has 2 aliphatic rings. The number of nitrogens with two attached hydrogens (primary N) is 1. The molecule has 6 heteroatoms. The van der Waals surface area contributed by atoms with Gasteiger partial charge in [-0.25, -0.2) is 9.79 Å². The average molecular weight is 334 g/mol. The number of carbonyl (C=O) groups is 1. The summed E-state index contributed by atoms with van der Waals surface area (Å²) in [7, 11) is 0. The number of rotatable bonds is 4. The van der Waals surface area contributed by atoms with Crippen LogP contribution in [0, 0.1) is 11.3 Å². The fourth-order valence-electron chi connectivity index (χ4n) is 3.64. The molecule has 1 amide bonds. The summed E-state index contributed by atoms with van der Waals surface area (Å²) in [6.45, 7) is 9.37. The lowest BCUT2D eigenvalue weighted by molar-refractivity contribution is 0.0142. The lowest BCUT2D eigenvalue weighted by atomic mass is 9.98. The number of ether oxygens (including phenoxy) is 1. The van der Waals surface area contributed by atoms with Crippen LogP contribution in [0.5, 0.6) is 0 Å². The first-order valence-corrected chi connectivity index (χ1v) is 8.77. The molecule has 0 radical (unpaired) electrons. The third-order valence-corrected chi connectivity index (χ3v) is 4.68. The molecule has 2 bridgehead atoms. The molecule has 1 saturated heterocycles. The van der Waals surface area contributed by atoms with E-state index in [-0.39, 0.29) is 18.2 Å². The van der Waals surface area contributed by atoms with Crippen molar-refractivity contribution in [1.29, 1.82) is 5.41 Å². The largest absolute Gasteiger partial charge is 0.444 e. The predicted octanol–water partition coefficient (Wildman–Crippen LogP) is 3.47. The number of allylic oxidation sites excluding steroid dienone is 2. The highest BCUT2D eigenvalue weighted by Crippen LogP contribution is 2.43. The van der Waals surface area contributed by atoms with Crippen LogP contribution in [0.15, 0.2) is 16.8 Å². The highest BCUT2D eigenvalue weighted by atomic mass is 16.6. The van der Waals surface area contributed by atoms with E-state index in [0.717, 1.165) is 19.3 Å². The van der Waals surface area contributed by atoms with Gasteiger partial charge in [-0.05, 0) is 59.3 Å². The van der Waals surface area contributed by atoms with E-state index in [2.05, 4.69) is 4.99 Å². The number of hydrogen-bond acceptors (Lipinski definition) is 4. The van der Waals surface area contributed by atoms with Crippen molar-refractivity contribution in [2.45, 2.75) is 78.0 Å². The van der Waals surface area contributed by atoms with Crippen molar-refractivity contribution in [2.24, 2.45) is 16.6 Å². The van der Waals surface area contributed by atoms with E-state index in [4.69, 9.17) is 15.9 Å². The Morgan fingerprint density at radius 1 is 1.42 bits per heavy atom. The van der Waals surface area contributed by atoms with Crippen LogP contribution in [-0.2, 0) is 4.74 Å². The molecule has 1 heterocycles. The Hall–Kier alpha value is -1.85. The zero-order valence-electron chi connectivity index (χ0n) is 15.4. The van der Waals surface area contributed by atoms with Crippen molar-refractivity contribution in [3.63, 3.8) is 0 Å². The number of hydrogen-bond donors (Lipinski definition) is 2.